The fourth-order valence-electron chi connectivity index (χ4n) is 4.42. The van der Waals surface area contributed by atoms with E-state index >= 15 is 0 Å². The van der Waals surface area contributed by atoms with Crippen LogP contribution < -0.4 is 5.32 Å². The Morgan fingerprint density at radius 2 is 1.86 bits per heavy atom. The van der Waals surface area contributed by atoms with Crippen molar-refractivity contribution in [2.24, 2.45) is 0 Å². The maximum absolute atomic E-state index is 12.3. The summed E-state index contributed by atoms with van der Waals surface area (Å²) in [6.45, 7) is 3.04. The largest absolute Gasteiger partial charge is 0.353 e. The summed E-state index contributed by atoms with van der Waals surface area (Å²) in [5.74, 6) is 0.901. The molecule has 1 aromatic heterocycles. The third kappa shape index (κ3) is 5.42. The van der Waals surface area contributed by atoms with Crippen LogP contribution in [0.25, 0.3) is 0 Å². The van der Waals surface area contributed by atoms with E-state index in [4.69, 9.17) is 4.98 Å². The van der Waals surface area contributed by atoms with E-state index in [0.717, 1.165) is 44.8 Å². The standard InChI is InChI=1S/C23H31N3OS/c27-22(11-10-18-6-2-1-3-7-18)24-20-12-14-26(15-13-20)16-21-17-28-23(25-21)19-8-4-5-9-19/h1-3,6-7,17,19-20H,4-5,8-16H2,(H,24,27). The minimum absolute atomic E-state index is 0.183. The van der Waals surface area contributed by atoms with Crippen LogP contribution in [0.15, 0.2) is 35.7 Å². The Morgan fingerprint density at radius 3 is 2.61 bits per heavy atom. The van der Waals surface area contributed by atoms with E-state index in [-0.39, 0.29) is 5.91 Å². The van der Waals surface area contributed by atoms with Gasteiger partial charge in [-0.15, -0.1) is 11.3 Å². The predicted molar refractivity (Wildman–Crippen MR) is 115 cm³/mol. The summed E-state index contributed by atoms with van der Waals surface area (Å²) >= 11 is 1.85. The zero-order valence-electron chi connectivity index (χ0n) is 16.6. The van der Waals surface area contributed by atoms with Crippen molar-refractivity contribution in [3.05, 3.63) is 52.0 Å². The number of thiazole rings is 1. The fourth-order valence-corrected chi connectivity index (χ4v) is 5.40. The summed E-state index contributed by atoms with van der Waals surface area (Å²) in [5, 5.41) is 6.85. The number of carbonyl (C=O) groups excluding carboxylic acids is 1. The van der Waals surface area contributed by atoms with Gasteiger partial charge < -0.3 is 5.32 Å². The highest BCUT2D eigenvalue weighted by Gasteiger charge is 2.23. The zero-order chi connectivity index (χ0) is 19.2. The molecule has 2 fully saturated rings. The normalized spacial score (nSPS) is 19.1. The SMILES string of the molecule is O=C(CCc1ccccc1)NC1CCN(Cc2csc(C3CCCC3)n2)CC1. The second-order valence-electron chi connectivity index (χ2n) is 8.26. The number of piperidine rings is 1. The first-order valence-electron chi connectivity index (χ1n) is 10.8. The molecule has 4 nitrogen and oxygen atoms in total. The molecule has 0 bridgehead atoms. The molecule has 1 N–H and O–H groups in total. The van der Waals surface area contributed by atoms with Crippen molar-refractivity contribution in [3.8, 4) is 0 Å². The lowest BCUT2D eigenvalue weighted by Gasteiger charge is -2.31. The van der Waals surface area contributed by atoms with Gasteiger partial charge in [0.1, 0.15) is 0 Å². The van der Waals surface area contributed by atoms with Gasteiger partial charge in [-0.1, -0.05) is 43.2 Å². The number of amides is 1. The van der Waals surface area contributed by atoms with Crippen LogP contribution in [0, 0.1) is 0 Å². The summed E-state index contributed by atoms with van der Waals surface area (Å²) in [7, 11) is 0. The molecule has 4 rings (SSSR count). The van der Waals surface area contributed by atoms with Crippen molar-refractivity contribution in [1.29, 1.82) is 0 Å². The number of nitrogens with zero attached hydrogens (tertiary/aromatic N) is 2. The molecule has 28 heavy (non-hydrogen) atoms. The first kappa shape index (κ1) is 19.6. The minimum atomic E-state index is 0.183. The van der Waals surface area contributed by atoms with Crippen molar-refractivity contribution in [2.75, 3.05) is 13.1 Å². The van der Waals surface area contributed by atoms with Crippen LogP contribution in [0.5, 0.6) is 0 Å². The van der Waals surface area contributed by atoms with Crippen molar-refractivity contribution >= 4 is 17.2 Å². The van der Waals surface area contributed by atoms with E-state index in [2.05, 4.69) is 27.7 Å². The number of likely N-dealkylation sites (tertiary alicyclic amines) is 1. The molecule has 0 unspecified atom stereocenters. The molecule has 0 radical (unpaired) electrons. The van der Waals surface area contributed by atoms with Gasteiger partial charge >= 0.3 is 0 Å². The maximum Gasteiger partial charge on any atom is 0.220 e. The van der Waals surface area contributed by atoms with Gasteiger partial charge in [0, 0.05) is 43.4 Å². The number of hydrogen-bond donors (Lipinski definition) is 1. The van der Waals surface area contributed by atoms with Crippen LogP contribution in [0.2, 0.25) is 0 Å². The quantitative estimate of drug-likeness (QED) is 0.747. The average molecular weight is 398 g/mol. The molecule has 1 saturated heterocycles. The van der Waals surface area contributed by atoms with Crippen molar-refractivity contribution in [1.82, 2.24) is 15.2 Å². The lowest BCUT2D eigenvalue weighted by atomic mass is 10.0. The molecule has 0 atom stereocenters. The van der Waals surface area contributed by atoms with Gasteiger partial charge in [0.25, 0.3) is 0 Å². The van der Waals surface area contributed by atoms with Gasteiger partial charge in [0.05, 0.1) is 10.7 Å². The molecule has 2 aromatic rings. The topological polar surface area (TPSA) is 45.2 Å². The van der Waals surface area contributed by atoms with Gasteiger partial charge in [-0.3, -0.25) is 9.69 Å². The van der Waals surface area contributed by atoms with Crippen molar-refractivity contribution < 1.29 is 4.79 Å². The zero-order valence-corrected chi connectivity index (χ0v) is 17.4. The van der Waals surface area contributed by atoms with E-state index in [1.807, 2.05) is 29.5 Å². The number of benzene rings is 1. The first-order valence-corrected chi connectivity index (χ1v) is 11.6. The Hall–Kier alpha value is -1.72. The number of aryl methyl sites for hydroxylation is 1. The molecule has 1 amide bonds. The number of aromatic nitrogens is 1. The van der Waals surface area contributed by atoms with Crippen LogP contribution in [-0.4, -0.2) is 34.9 Å². The van der Waals surface area contributed by atoms with E-state index in [1.54, 1.807) is 0 Å². The van der Waals surface area contributed by atoms with Crippen LogP contribution in [0.4, 0.5) is 0 Å². The van der Waals surface area contributed by atoms with Gasteiger partial charge in [-0.2, -0.15) is 0 Å². The summed E-state index contributed by atoms with van der Waals surface area (Å²) in [5.41, 5.74) is 2.46. The summed E-state index contributed by atoms with van der Waals surface area (Å²) in [6, 6.07) is 10.6. The summed E-state index contributed by atoms with van der Waals surface area (Å²) in [4.78, 5) is 19.7. The molecule has 150 valence electrons. The van der Waals surface area contributed by atoms with Crippen LogP contribution >= 0.6 is 11.3 Å². The number of hydrogen-bond acceptors (Lipinski definition) is 4. The summed E-state index contributed by atoms with van der Waals surface area (Å²) < 4.78 is 0. The third-order valence-electron chi connectivity index (χ3n) is 6.10. The van der Waals surface area contributed by atoms with Gasteiger partial charge in [0.2, 0.25) is 5.91 Å². The highest BCUT2D eigenvalue weighted by Crippen LogP contribution is 2.35. The molecule has 2 heterocycles. The molecule has 5 heteroatoms. The van der Waals surface area contributed by atoms with E-state index in [0.29, 0.717) is 12.5 Å². The smallest absolute Gasteiger partial charge is 0.220 e. The second-order valence-corrected chi connectivity index (χ2v) is 9.15. The minimum Gasteiger partial charge on any atom is -0.353 e. The Morgan fingerprint density at radius 1 is 1.11 bits per heavy atom. The Labute approximate surface area is 172 Å². The molecule has 1 saturated carbocycles. The van der Waals surface area contributed by atoms with Crippen LogP contribution in [0.1, 0.15) is 67.1 Å². The van der Waals surface area contributed by atoms with Crippen LogP contribution in [0.3, 0.4) is 0 Å². The molecular formula is C23H31N3OS. The highest BCUT2D eigenvalue weighted by atomic mass is 32.1. The lowest BCUT2D eigenvalue weighted by molar-refractivity contribution is -0.122. The number of carbonyl (C=O) groups is 1. The molecule has 2 aliphatic rings. The molecule has 1 aromatic carbocycles. The van der Waals surface area contributed by atoms with E-state index < -0.39 is 0 Å². The Bertz CT molecular complexity index is 746. The molecular weight excluding hydrogens is 366 g/mol. The monoisotopic (exact) mass is 397 g/mol. The highest BCUT2D eigenvalue weighted by molar-refractivity contribution is 7.09. The third-order valence-corrected chi connectivity index (χ3v) is 7.15. The van der Waals surface area contributed by atoms with E-state index in [9.17, 15) is 4.79 Å². The maximum atomic E-state index is 12.3. The van der Waals surface area contributed by atoms with Crippen molar-refractivity contribution in [2.45, 2.75) is 69.9 Å². The Balaban J connectivity index is 1.17. The number of nitrogens with one attached hydrogen (secondary N) is 1. The predicted octanol–water partition coefficient (Wildman–Crippen LogP) is 4.51. The van der Waals surface area contributed by atoms with E-state index in [1.165, 1.54) is 41.9 Å². The lowest BCUT2D eigenvalue weighted by Crippen LogP contribution is -2.44. The first-order chi connectivity index (χ1) is 13.8. The number of rotatable bonds is 7. The van der Waals surface area contributed by atoms with Crippen LogP contribution in [-0.2, 0) is 17.8 Å². The molecule has 0 spiro atoms. The van der Waals surface area contributed by atoms with Crippen molar-refractivity contribution in [3.63, 3.8) is 0 Å². The average Bonchev–Trinajstić information content (AvgIpc) is 3.41. The Kier molecular flexibility index (Phi) is 6.76. The molecule has 1 aliphatic heterocycles. The summed E-state index contributed by atoms with van der Waals surface area (Å²) in [6.07, 6.45) is 8.85. The molecule has 1 aliphatic carbocycles. The second kappa shape index (κ2) is 9.66. The van der Waals surface area contributed by atoms with Gasteiger partial charge in [-0.05, 0) is 37.7 Å². The van der Waals surface area contributed by atoms with Gasteiger partial charge in [-0.25, -0.2) is 4.98 Å². The van der Waals surface area contributed by atoms with Gasteiger partial charge in [0.15, 0.2) is 0 Å². The fraction of sp³-hybridized carbons (Fsp3) is 0.565.